The van der Waals surface area contributed by atoms with Gasteiger partial charge in [-0.1, -0.05) is 39.1 Å². The Balaban J connectivity index is 1.94. The summed E-state index contributed by atoms with van der Waals surface area (Å²) in [6, 6.07) is 8.03. The maximum absolute atomic E-state index is 13.0. The van der Waals surface area contributed by atoms with Gasteiger partial charge in [0.1, 0.15) is 0 Å². The van der Waals surface area contributed by atoms with Gasteiger partial charge in [-0.05, 0) is 48.9 Å². The minimum atomic E-state index is -1.11. The fourth-order valence-electron chi connectivity index (χ4n) is 2.70. The van der Waals surface area contributed by atoms with Crippen LogP contribution in [0.3, 0.4) is 0 Å². The number of carboxylic acid groups (broad SMARTS) is 1. The molecule has 30 heavy (non-hydrogen) atoms. The highest BCUT2D eigenvalue weighted by atomic mass is 79.9. The number of hydrazone groups is 1. The fourth-order valence-corrected chi connectivity index (χ4v) is 3.43. The number of benzene rings is 2. The molecular formula is C20H15BrCl2N2O5. The van der Waals surface area contributed by atoms with Crippen LogP contribution in [-0.4, -0.2) is 36.4 Å². The number of aliphatic carboxylic acids is 1. The molecule has 1 heterocycles. The number of nitrogens with zero attached hydrogens (tertiary/aromatic N) is 2. The summed E-state index contributed by atoms with van der Waals surface area (Å²) in [5.74, 6) is -0.852. The van der Waals surface area contributed by atoms with E-state index in [2.05, 4.69) is 21.0 Å². The van der Waals surface area contributed by atoms with Crippen LogP contribution in [0.15, 0.2) is 45.5 Å². The lowest BCUT2D eigenvalue weighted by Gasteiger charge is -2.13. The monoisotopic (exact) mass is 512 g/mol. The lowest BCUT2D eigenvalue weighted by atomic mass is 10.1. The van der Waals surface area contributed by atoms with Crippen LogP contribution in [0.2, 0.25) is 10.0 Å². The number of hydrogen-bond donors (Lipinski definition) is 1. The third kappa shape index (κ3) is 4.61. The maximum Gasteiger partial charge on any atom is 0.341 e. The Morgan fingerprint density at radius 2 is 1.97 bits per heavy atom. The molecule has 0 aliphatic carbocycles. The number of anilines is 1. The summed E-state index contributed by atoms with van der Waals surface area (Å²) in [5.41, 5.74) is 2.01. The van der Waals surface area contributed by atoms with Crippen LogP contribution in [0.1, 0.15) is 12.5 Å². The van der Waals surface area contributed by atoms with E-state index in [9.17, 15) is 9.59 Å². The van der Waals surface area contributed by atoms with E-state index in [4.69, 9.17) is 37.8 Å². The second-order valence-electron chi connectivity index (χ2n) is 6.17. The van der Waals surface area contributed by atoms with Crippen molar-refractivity contribution in [3.63, 3.8) is 0 Å². The molecule has 0 radical (unpaired) electrons. The average Bonchev–Trinajstić information content (AvgIpc) is 2.98. The zero-order valence-corrected chi connectivity index (χ0v) is 18.9. The normalized spacial score (nSPS) is 14.8. The Bertz CT molecular complexity index is 1100. The molecule has 1 aliphatic heterocycles. The van der Waals surface area contributed by atoms with Gasteiger partial charge >= 0.3 is 5.97 Å². The number of rotatable bonds is 6. The van der Waals surface area contributed by atoms with Crippen LogP contribution in [0.5, 0.6) is 11.5 Å². The fraction of sp³-hybridized carbons (Fsp3) is 0.150. The Morgan fingerprint density at radius 1 is 1.23 bits per heavy atom. The summed E-state index contributed by atoms with van der Waals surface area (Å²) >= 11 is 15.4. The van der Waals surface area contributed by atoms with Crippen molar-refractivity contribution in [2.45, 2.75) is 6.92 Å². The van der Waals surface area contributed by atoms with Crippen LogP contribution in [-0.2, 0) is 9.59 Å². The number of carbonyl (C=O) groups is 2. The molecular weight excluding hydrogens is 499 g/mol. The van der Waals surface area contributed by atoms with E-state index in [0.717, 1.165) is 0 Å². The van der Waals surface area contributed by atoms with Crippen molar-refractivity contribution in [1.29, 1.82) is 0 Å². The van der Waals surface area contributed by atoms with E-state index in [1.54, 1.807) is 43.3 Å². The van der Waals surface area contributed by atoms with E-state index in [-0.39, 0.29) is 11.7 Å². The Kier molecular flexibility index (Phi) is 6.70. The van der Waals surface area contributed by atoms with Gasteiger partial charge in [0.05, 0.1) is 34.1 Å². The van der Waals surface area contributed by atoms with Crippen molar-refractivity contribution in [2.24, 2.45) is 5.10 Å². The van der Waals surface area contributed by atoms with Gasteiger partial charge in [-0.2, -0.15) is 10.1 Å². The first-order valence-corrected chi connectivity index (χ1v) is 10.0. The number of methoxy groups -OCH3 is 1. The lowest BCUT2D eigenvalue weighted by molar-refractivity contribution is -0.139. The smallest absolute Gasteiger partial charge is 0.341 e. The summed E-state index contributed by atoms with van der Waals surface area (Å²) in [6.45, 7) is 1.21. The second-order valence-corrected chi connectivity index (χ2v) is 7.83. The lowest BCUT2D eigenvalue weighted by Crippen LogP contribution is -2.21. The number of carboxylic acids is 1. The summed E-state index contributed by atoms with van der Waals surface area (Å²) in [4.78, 5) is 23.7. The van der Waals surface area contributed by atoms with E-state index < -0.39 is 12.6 Å². The van der Waals surface area contributed by atoms with Crippen molar-refractivity contribution in [2.75, 3.05) is 18.7 Å². The van der Waals surface area contributed by atoms with Gasteiger partial charge in [-0.15, -0.1) is 0 Å². The molecule has 1 N–H and O–H groups in total. The van der Waals surface area contributed by atoms with Gasteiger partial charge < -0.3 is 14.6 Å². The number of amides is 1. The molecule has 2 aromatic carbocycles. The highest BCUT2D eigenvalue weighted by Crippen LogP contribution is 2.36. The third-order valence-corrected chi connectivity index (χ3v) is 5.57. The Hall–Kier alpha value is -2.55. The summed E-state index contributed by atoms with van der Waals surface area (Å²) < 4.78 is 11.1. The van der Waals surface area contributed by atoms with E-state index in [0.29, 0.717) is 42.8 Å². The molecule has 0 spiro atoms. The Morgan fingerprint density at radius 3 is 2.60 bits per heavy atom. The molecule has 156 valence electrons. The quantitative estimate of drug-likeness (QED) is 0.547. The van der Waals surface area contributed by atoms with Gasteiger partial charge in [0.2, 0.25) is 0 Å². The standard InChI is InChI=1S/C20H15BrCl2N2O5/c1-10-13(20(28)25(24-10)12-3-4-15(22)16(23)7-12)5-11-6-17(29-2)18(8-14(11)21)30-9-19(26)27/h3-8H,9H2,1-2H3,(H,26,27). The zero-order chi connectivity index (χ0) is 22.0. The maximum atomic E-state index is 13.0. The van der Waals surface area contributed by atoms with Crippen molar-refractivity contribution < 1.29 is 24.2 Å². The molecule has 2 aromatic rings. The van der Waals surface area contributed by atoms with Gasteiger partial charge in [0, 0.05) is 4.47 Å². The topological polar surface area (TPSA) is 88.4 Å². The van der Waals surface area contributed by atoms with E-state index in [1.165, 1.54) is 12.1 Å². The summed E-state index contributed by atoms with van der Waals surface area (Å²) in [5, 5.41) is 15.1. The molecule has 0 bridgehead atoms. The predicted octanol–water partition coefficient (Wildman–Crippen LogP) is 5.03. The van der Waals surface area contributed by atoms with E-state index >= 15 is 0 Å². The molecule has 0 saturated heterocycles. The molecule has 1 aliphatic rings. The predicted molar refractivity (Wildman–Crippen MR) is 119 cm³/mol. The number of carbonyl (C=O) groups excluding carboxylic acids is 1. The first-order chi connectivity index (χ1) is 14.2. The van der Waals surface area contributed by atoms with Gasteiger partial charge in [-0.3, -0.25) is 4.79 Å². The van der Waals surface area contributed by atoms with E-state index in [1.807, 2.05) is 0 Å². The van der Waals surface area contributed by atoms with Crippen LogP contribution in [0.4, 0.5) is 5.69 Å². The minimum absolute atomic E-state index is 0.259. The largest absolute Gasteiger partial charge is 0.493 e. The van der Waals surface area contributed by atoms with Crippen LogP contribution in [0.25, 0.3) is 6.08 Å². The van der Waals surface area contributed by atoms with Crippen molar-refractivity contribution in [1.82, 2.24) is 0 Å². The molecule has 0 atom stereocenters. The Labute approximate surface area is 190 Å². The third-order valence-electron chi connectivity index (χ3n) is 4.14. The van der Waals surface area contributed by atoms with Crippen molar-refractivity contribution >= 4 is 68.5 Å². The summed E-state index contributed by atoms with van der Waals surface area (Å²) in [7, 11) is 1.44. The average molecular weight is 514 g/mol. The molecule has 1 amide bonds. The van der Waals surface area contributed by atoms with Gasteiger partial charge in [0.15, 0.2) is 18.1 Å². The molecule has 0 aromatic heterocycles. The van der Waals surface area contributed by atoms with Crippen molar-refractivity contribution in [3.8, 4) is 11.5 Å². The summed E-state index contributed by atoms with van der Waals surface area (Å²) in [6.07, 6.45) is 1.66. The van der Waals surface area contributed by atoms with Crippen LogP contribution < -0.4 is 14.5 Å². The first kappa shape index (κ1) is 22.1. The molecule has 0 unspecified atom stereocenters. The van der Waals surface area contributed by atoms with Crippen LogP contribution >= 0.6 is 39.1 Å². The molecule has 0 saturated carbocycles. The molecule has 3 rings (SSSR count). The molecule has 7 nitrogen and oxygen atoms in total. The van der Waals surface area contributed by atoms with Crippen molar-refractivity contribution in [3.05, 3.63) is 56.0 Å². The zero-order valence-electron chi connectivity index (χ0n) is 15.8. The molecule has 10 heteroatoms. The number of hydrogen-bond acceptors (Lipinski definition) is 5. The SMILES string of the molecule is COc1cc(C=C2C(=O)N(c3ccc(Cl)c(Cl)c3)N=C2C)c(Br)cc1OCC(=O)O. The first-order valence-electron chi connectivity index (χ1n) is 8.50. The van der Waals surface area contributed by atoms with Gasteiger partial charge in [-0.25, -0.2) is 4.79 Å². The highest BCUT2D eigenvalue weighted by molar-refractivity contribution is 9.10. The van der Waals surface area contributed by atoms with Crippen LogP contribution in [0, 0.1) is 0 Å². The number of ether oxygens (including phenoxy) is 2. The van der Waals surface area contributed by atoms with Gasteiger partial charge in [0.25, 0.3) is 5.91 Å². The molecule has 0 fully saturated rings. The second kappa shape index (κ2) is 9.07. The minimum Gasteiger partial charge on any atom is -0.493 e. The highest BCUT2D eigenvalue weighted by Gasteiger charge is 2.29. The number of halogens is 3.